The van der Waals surface area contributed by atoms with Gasteiger partial charge in [-0.25, -0.2) is 12.8 Å². The van der Waals surface area contributed by atoms with E-state index in [-0.39, 0.29) is 17.3 Å². The van der Waals surface area contributed by atoms with E-state index >= 15 is 0 Å². The molecule has 1 aliphatic rings. The van der Waals surface area contributed by atoms with Crippen LogP contribution in [0.15, 0.2) is 41.6 Å². The highest BCUT2D eigenvalue weighted by molar-refractivity contribution is 7.89. The number of hydrogen-bond donors (Lipinski definition) is 0. The number of aromatic nitrogens is 2. The van der Waals surface area contributed by atoms with Gasteiger partial charge < -0.3 is 4.90 Å². The molecule has 0 spiro atoms. The van der Waals surface area contributed by atoms with Crippen molar-refractivity contribution in [1.82, 2.24) is 19.0 Å². The molecule has 1 saturated heterocycles. The normalized spacial score (nSPS) is 18.4. The first-order chi connectivity index (χ1) is 12.8. The molecule has 1 aromatic carbocycles. The van der Waals surface area contributed by atoms with Crippen molar-refractivity contribution in [1.29, 1.82) is 0 Å². The highest BCUT2D eigenvalue weighted by Gasteiger charge is 2.34. The monoisotopic (exact) mass is 394 g/mol. The van der Waals surface area contributed by atoms with E-state index in [1.165, 1.54) is 16.4 Å². The molecule has 1 fully saturated rings. The summed E-state index contributed by atoms with van der Waals surface area (Å²) in [6.07, 6.45) is 4.80. The molecule has 1 aliphatic heterocycles. The molecule has 0 saturated carbocycles. The molecule has 0 radical (unpaired) electrons. The summed E-state index contributed by atoms with van der Waals surface area (Å²) in [7, 11) is -0.223. The van der Waals surface area contributed by atoms with Gasteiger partial charge in [-0.1, -0.05) is 0 Å². The Morgan fingerprint density at radius 1 is 1.33 bits per heavy atom. The standard InChI is InChI=1S/C18H23FN4O3S/c1-21(11-14-10-20-22(2)12-14)18(24)15-4-3-9-23(13-15)27(25,26)17-7-5-16(19)6-8-17/h5-8,10,12,15H,3-4,9,11,13H2,1-2H3. The quantitative estimate of drug-likeness (QED) is 0.772. The number of piperidine rings is 1. The Bertz CT molecular complexity index is 911. The molecule has 1 aromatic heterocycles. The zero-order chi connectivity index (χ0) is 19.6. The number of sulfonamides is 1. The zero-order valence-electron chi connectivity index (χ0n) is 15.4. The fourth-order valence-electron chi connectivity index (χ4n) is 3.33. The van der Waals surface area contributed by atoms with Crippen LogP contribution in [0.2, 0.25) is 0 Å². The summed E-state index contributed by atoms with van der Waals surface area (Å²) >= 11 is 0. The summed E-state index contributed by atoms with van der Waals surface area (Å²) < 4.78 is 41.7. The number of benzene rings is 1. The van der Waals surface area contributed by atoms with Crippen LogP contribution in [0.4, 0.5) is 4.39 Å². The van der Waals surface area contributed by atoms with E-state index in [4.69, 9.17) is 0 Å². The van der Waals surface area contributed by atoms with Gasteiger partial charge in [0.1, 0.15) is 5.82 Å². The number of amides is 1. The number of hydrogen-bond acceptors (Lipinski definition) is 4. The molecule has 2 heterocycles. The molecule has 1 atom stereocenters. The third-order valence-electron chi connectivity index (χ3n) is 4.74. The Labute approximate surface area is 158 Å². The maximum atomic E-state index is 13.1. The van der Waals surface area contributed by atoms with Gasteiger partial charge in [0.2, 0.25) is 15.9 Å². The zero-order valence-corrected chi connectivity index (χ0v) is 16.2. The summed E-state index contributed by atoms with van der Waals surface area (Å²) in [6.45, 7) is 0.916. The molecule has 0 aliphatic carbocycles. The van der Waals surface area contributed by atoms with Crippen LogP contribution in [0, 0.1) is 11.7 Å². The van der Waals surface area contributed by atoms with Crippen LogP contribution in [-0.4, -0.2) is 53.4 Å². The van der Waals surface area contributed by atoms with Crippen molar-refractivity contribution in [2.45, 2.75) is 24.3 Å². The minimum absolute atomic E-state index is 0.0423. The lowest BCUT2D eigenvalue weighted by Gasteiger charge is -2.33. The van der Waals surface area contributed by atoms with Gasteiger partial charge >= 0.3 is 0 Å². The number of rotatable bonds is 5. The SMILES string of the molecule is CN(Cc1cnn(C)c1)C(=O)C1CCCN(S(=O)(=O)c2ccc(F)cc2)C1. The second-order valence-electron chi connectivity index (χ2n) is 6.87. The Kier molecular flexibility index (Phi) is 5.61. The largest absolute Gasteiger partial charge is 0.341 e. The minimum atomic E-state index is -3.74. The molecule has 2 aromatic rings. The third kappa shape index (κ3) is 4.36. The second-order valence-corrected chi connectivity index (χ2v) is 8.81. The van der Waals surface area contributed by atoms with Crippen molar-refractivity contribution < 1.29 is 17.6 Å². The molecule has 9 heteroatoms. The lowest BCUT2D eigenvalue weighted by molar-refractivity contribution is -0.135. The van der Waals surface area contributed by atoms with E-state index < -0.39 is 21.8 Å². The molecule has 1 unspecified atom stereocenters. The molecule has 0 bridgehead atoms. The van der Waals surface area contributed by atoms with Gasteiger partial charge in [-0.05, 0) is 37.1 Å². The van der Waals surface area contributed by atoms with E-state index in [0.29, 0.717) is 25.9 Å². The summed E-state index contributed by atoms with van der Waals surface area (Å²) in [4.78, 5) is 14.4. The first-order valence-corrected chi connectivity index (χ1v) is 10.2. The summed E-state index contributed by atoms with van der Waals surface area (Å²) in [5.74, 6) is -0.967. The van der Waals surface area contributed by atoms with Crippen molar-refractivity contribution >= 4 is 15.9 Å². The molecular weight excluding hydrogens is 371 g/mol. The number of halogens is 1. The lowest BCUT2D eigenvalue weighted by atomic mass is 9.98. The van der Waals surface area contributed by atoms with E-state index in [0.717, 1.165) is 17.7 Å². The van der Waals surface area contributed by atoms with Crippen LogP contribution < -0.4 is 0 Å². The van der Waals surface area contributed by atoms with Gasteiger partial charge in [0, 0.05) is 45.5 Å². The maximum Gasteiger partial charge on any atom is 0.243 e. The van der Waals surface area contributed by atoms with E-state index in [1.807, 2.05) is 13.2 Å². The number of aryl methyl sites for hydroxylation is 1. The van der Waals surface area contributed by atoms with E-state index in [2.05, 4.69) is 5.10 Å². The Morgan fingerprint density at radius 3 is 2.67 bits per heavy atom. The van der Waals surface area contributed by atoms with Crippen LogP contribution >= 0.6 is 0 Å². The Hall–Kier alpha value is -2.26. The Morgan fingerprint density at radius 2 is 2.04 bits per heavy atom. The predicted molar refractivity (Wildman–Crippen MR) is 97.6 cm³/mol. The van der Waals surface area contributed by atoms with E-state index in [1.54, 1.807) is 22.8 Å². The Balaban J connectivity index is 1.69. The van der Waals surface area contributed by atoms with Crippen molar-refractivity contribution in [3.05, 3.63) is 48.0 Å². The average molecular weight is 394 g/mol. The molecular formula is C18H23FN4O3S. The number of carbonyl (C=O) groups is 1. The number of nitrogens with zero attached hydrogens (tertiary/aromatic N) is 4. The van der Waals surface area contributed by atoms with E-state index in [9.17, 15) is 17.6 Å². The van der Waals surface area contributed by atoms with Crippen molar-refractivity contribution in [3.63, 3.8) is 0 Å². The first kappa shape index (κ1) is 19.5. The number of carbonyl (C=O) groups excluding carboxylic acids is 1. The molecule has 146 valence electrons. The molecule has 3 rings (SSSR count). The molecule has 7 nitrogen and oxygen atoms in total. The molecule has 0 N–H and O–H groups in total. The second kappa shape index (κ2) is 7.77. The van der Waals surface area contributed by atoms with Gasteiger partial charge in [0.15, 0.2) is 0 Å². The van der Waals surface area contributed by atoms with Crippen molar-refractivity contribution in [2.24, 2.45) is 13.0 Å². The highest BCUT2D eigenvalue weighted by Crippen LogP contribution is 2.25. The molecule has 1 amide bonds. The lowest BCUT2D eigenvalue weighted by Crippen LogP contribution is -2.45. The molecule has 27 heavy (non-hydrogen) atoms. The maximum absolute atomic E-state index is 13.1. The highest BCUT2D eigenvalue weighted by atomic mass is 32.2. The van der Waals surface area contributed by atoms with Gasteiger partial charge in [0.05, 0.1) is 17.0 Å². The fraction of sp³-hybridized carbons (Fsp3) is 0.444. The van der Waals surface area contributed by atoms with Crippen molar-refractivity contribution in [2.75, 3.05) is 20.1 Å². The van der Waals surface area contributed by atoms with Crippen LogP contribution in [0.25, 0.3) is 0 Å². The van der Waals surface area contributed by atoms with Crippen molar-refractivity contribution in [3.8, 4) is 0 Å². The smallest absolute Gasteiger partial charge is 0.243 e. The average Bonchev–Trinajstić information content (AvgIpc) is 3.06. The summed E-state index contributed by atoms with van der Waals surface area (Å²) in [5.41, 5.74) is 0.917. The van der Waals surface area contributed by atoms with Gasteiger partial charge in [0.25, 0.3) is 0 Å². The third-order valence-corrected chi connectivity index (χ3v) is 6.62. The van der Waals surface area contributed by atoms with Crippen LogP contribution in [0.5, 0.6) is 0 Å². The predicted octanol–water partition coefficient (Wildman–Crippen LogP) is 1.62. The topological polar surface area (TPSA) is 75.5 Å². The van der Waals surface area contributed by atoms with Crippen LogP contribution in [-0.2, 0) is 28.4 Å². The van der Waals surface area contributed by atoms with Crippen LogP contribution in [0.3, 0.4) is 0 Å². The minimum Gasteiger partial charge on any atom is -0.341 e. The summed E-state index contributed by atoms with van der Waals surface area (Å²) in [6, 6.07) is 4.76. The fourth-order valence-corrected chi connectivity index (χ4v) is 4.86. The first-order valence-electron chi connectivity index (χ1n) is 8.75. The van der Waals surface area contributed by atoms with Gasteiger partial charge in [-0.3, -0.25) is 9.48 Å². The van der Waals surface area contributed by atoms with Gasteiger partial charge in [-0.15, -0.1) is 0 Å². The van der Waals surface area contributed by atoms with Crippen LogP contribution in [0.1, 0.15) is 18.4 Å². The van der Waals surface area contributed by atoms with Gasteiger partial charge in [-0.2, -0.15) is 9.40 Å². The summed E-state index contributed by atoms with van der Waals surface area (Å²) in [5, 5.41) is 4.09.